The molecule has 0 spiro atoms. The van der Waals surface area contributed by atoms with E-state index in [1.165, 1.54) is 116 Å². The molecule has 98 heavy (non-hydrogen) atoms. The molecule has 5 atom stereocenters. The molecule has 0 fully saturated rings. The fourth-order valence-corrected chi connectivity index (χ4v) is 12.3. The maximum atomic E-state index is 13.1. The molecule has 0 aromatic rings. The van der Waals surface area contributed by atoms with Crippen LogP contribution in [0.5, 0.6) is 0 Å². The van der Waals surface area contributed by atoms with Crippen LogP contribution in [0.3, 0.4) is 0 Å². The van der Waals surface area contributed by atoms with Crippen LogP contribution in [0, 0.1) is 0 Å². The Labute approximate surface area is 596 Å². The number of carbonyl (C=O) groups is 4. The van der Waals surface area contributed by atoms with Gasteiger partial charge < -0.3 is 33.8 Å². The monoisotopic (exact) mass is 1420 g/mol. The van der Waals surface area contributed by atoms with E-state index in [1.807, 2.05) is 0 Å². The Morgan fingerprint density at radius 3 is 0.827 bits per heavy atom. The molecule has 0 aliphatic rings. The molecule has 0 bridgehead atoms. The zero-order valence-electron chi connectivity index (χ0n) is 62.2. The van der Waals surface area contributed by atoms with Crippen molar-refractivity contribution in [3.05, 3.63) is 72.9 Å². The molecule has 3 N–H and O–H groups in total. The molecule has 19 heteroatoms. The van der Waals surface area contributed by atoms with Crippen molar-refractivity contribution in [2.45, 2.75) is 367 Å². The first kappa shape index (κ1) is 94.5. The summed E-state index contributed by atoms with van der Waals surface area (Å²) < 4.78 is 68.5. The highest BCUT2D eigenvalue weighted by Gasteiger charge is 2.30. The summed E-state index contributed by atoms with van der Waals surface area (Å²) in [7, 11) is -9.95. The van der Waals surface area contributed by atoms with Crippen LogP contribution in [-0.4, -0.2) is 96.7 Å². The number of esters is 4. The molecule has 0 saturated carbocycles. The summed E-state index contributed by atoms with van der Waals surface area (Å²) in [5, 5.41) is 10.6. The third-order valence-corrected chi connectivity index (χ3v) is 18.6. The van der Waals surface area contributed by atoms with E-state index in [-0.39, 0.29) is 25.7 Å². The zero-order valence-corrected chi connectivity index (χ0v) is 64.0. The van der Waals surface area contributed by atoms with Crippen molar-refractivity contribution in [2.24, 2.45) is 0 Å². The van der Waals surface area contributed by atoms with Gasteiger partial charge in [0.1, 0.15) is 19.3 Å². The predicted molar refractivity (Wildman–Crippen MR) is 400 cm³/mol. The van der Waals surface area contributed by atoms with E-state index in [0.29, 0.717) is 25.7 Å². The molecule has 0 rings (SSSR count). The summed E-state index contributed by atoms with van der Waals surface area (Å²) in [6, 6.07) is 0. The largest absolute Gasteiger partial charge is 0.472 e. The fourth-order valence-electron chi connectivity index (χ4n) is 10.7. The van der Waals surface area contributed by atoms with E-state index in [0.717, 1.165) is 154 Å². The quantitative estimate of drug-likeness (QED) is 0.0169. The molecule has 0 aliphatic carbocycles. The highest BCUT2D eigenvalue weighted by Crippen LogP contribution is 2.45. The number of aliphatic hydroxyl groups is 1. The van der Waals surface area contributed by atoms with Crippen LogP contribution in [-0.2, 0) is 65.4 Å². The van der Waals surface area contributed by atoms with Crippen LogP contribution >= 0.6 is 15.6 Å². The molecular formula is C79H142O17P2. The summed E-state index contributed by atoms with van der Waals surface area (Å²) in [4.78, 5) is 72.9. The SMILES string of the molecule is CC/C=C\C/C=C\C/C=C\C/C=C\CCCCCCC(=O)OCC(COP(=O)(O)OCC(O)COP(=O)(O)OCC(COC(=O)CCCCCCC/C=C\CCCCCCCC)OC(=O)CCCCCCCCCCCCC)OC(=O)CCCCCCC/C=C\CCCCCCCC. The van der Waals surface area contributed by atoms with Crippen molar-refractivity contribution < 1.29 is 80.2 Å². The van der Waals surface area contributed by atoms with Crippen LogP contribution in [0.4, 0.5) is 0 Å². The molecule has 17 nitrogen and oxygen atoms in total. The van der Waals surface area contributed by atoms with Crippen molar-refractivity contribution >= 4 is 39.5 Å². The van der Waals surface area contributed by atoms with Gasteiger partial charge in [-0.2, -0.15) is 0 Å². The smallest absolute Gasteiger partial charge is 0.462 e. The summed E-state index contributed by atoms with van der Waals surface area (Å²) in [5.74, 6) is -2.19. The Bertz CT molecular complexity index is 2140. The number of unbranched alkanes of at least 4 members (excludes halogenated alkanes) is 36. The lowest BCUT2D eigenvalue weighted by Crippen LogP contribution is -2.30. The fraction of sp³-hybridized carbons (Fsp3) is 0.797. The Kier molecular flexibility index (Phi) is 69.3. The second-order valence-corrected chi connectivity index (χ2v) is 29.2. The molecule has 570 valence electrons. The number of phosphoric ester groups is 2. The molecule has 0 aromatic carbocycles. The third-order valence-electron chi connectivity index (χ3n) is 16.7. The summed E-state index contributed by atoms with van der Waals surface area (Å²) in [5.41, 5.74) is 0. The molecule has 0 radical (unpaired) electrons. The second-order valence-electron chi connectivity index (χ2n) is 26.3. The lowest BCUT2D eigenvalue weighted by Gasteiger charge is -2.21. The highest BCUT2D eigenvalue weighted by atomic mass is 31.2. The molecule has 0 amide bonds. The number of carbonyl (C=O) groups excluding carboxylic acids is 4. The van der Waals surface area contributed by atoms with Crippen LogP contribution in [0.15, 0.2) is 72.9 Å². The standard InChI is InChI=1S/C79H142O17P2/c1-5-9-13-17-21-25-29-32-35-36-39-41-45-48-52-56-60-64-77(82)90-70-75(96-79(84)66-62-58-54-50-46-42-38-34-31-27-23-19-15-11-7-3)72-94-98(87,88)92-68-73(80)67-91-97(85,86)93-71-74(95-78(83)65-61-57-53-49-43-28-24-20-16-12-8-4)69-89-76(81)63-59-55-51-47-44-40-37-33-30-26-22-18-14-10-6-2/h9,13,21,25,32-35,37-39,41,73-75,80H,5-8,10-12,14-20,22-24,26-31,36,40,42-72H2,1-4H3,(H,85,86)(H,87,88)/b13-9-,25-21-,35-32-,37-33-,38-34-,41-39-. The number of hydrogen-bond donors (Lipinski definition) is 3. The van der Waals surface area contributed by atoms with Gasteiger partial charge in [-0.1, -0.05) is 280 Å². The molecule has 0 aromatic heterocycles. The van der Waals surface area contributed by atoms with Gasteiger partial charge in [0, 0.05) is 25.7 Å². The first-order valence-electron chi connectivity index (χ1n) is 39.2. The minimum absolute atomic E-state index is 0.0818. The van der Waals surface area contributed by atoms with Crippen LogP contribution in [0.1, 0.15) is 349 Å². The van der Waals surface area contributed by atoms with Gasteiger partial charge in [-0.15, -0.1) is 0 Å². The number of rotatable bonds is 74. The number of aliphatic hydroxyl groups excluding tert-OH is 1. The van der Waals surface area contributed by atoms with Gasteiger partial charge in [0.15, 0.2) is 12.2 Å². The van der Waals surface area contributed by atoms with E-state index in [1.54, 1.807) is 0 Å². The van der Waals surface area contributed by atoms with Gasteiger partial charge in [0.2, 0.25) is 0 Å². The first-order chi connectivity index (χ1) is 47.7. The zero-order chi connectivity index (χ0) is 71.8. The minimum Gasteiger partial charge on any atom is -0.462 e. The van der Waals surface area contributed by atoms with Gasteiger partial charge in [0.25, 0.3) is 0 Å². The number of allylic oxidation sites excluding steroid dienone is 12. The number of hydrogen-bond acceptors (Lipinski definition) is 15. The van der Waals surface area contributed by atoms with Gasteiger partial charge >= 0.3 is 39.5 Å². The lowest BCUT2D eigenvalue weighted by molar-refractivity contribution is -0.161. The van der Waals surface area contributed by atoms with E-state index in [2.05, 4.69) is 101 Å². The number of ether oxygens (including phenoxy) is 4. The van der Waals surface area contributed by atoms with Crippen molar-refractivity contribution in [1.29, 1.82) is 0 Å². The van der Waals surface area contributed by atoms with Crippen molar-refractivity contribution in [3.8, 4) is 0 Å². The second kappa shape index (κ2) is 71.9. The summed E-state index contributed by atoms with van der Waals surface area (Å²) in [6.07, 6.45) is 71.7. The van der Waals surface area contributed by atoms with Crippen LogP contribution in [0.2, 0.25) is 0 Å². The number of phosphoric acid groups is 2. The van der Waals surface area contributed by atoms with Crippen molar-refractivity contribution in [1.82, 2.24) is 0 Å². The normalized spacial score (nSPS) is 14.3. The maximum Gasteiger partial charge on any atom is 0.472 e. The van der Waals surface area contributed by atoms with Gasteiger partial charge in [-0.05, 0) is 116 Å². The summed E-state index contributed by atoms with van der Waals surface area (Å²) in [6.45, 7) is 4.75. The predicted octanol–water partition coefficient (Wildman–Crippen LogP) is 22.4. The Hall–Kier alpha value is -3.50. The van der Waals surface area contributed by atoms with Gasteiger partial charge in [0.05, 0.1) is 26.4 Å². The van der Waals surface area contributed by atoms with Crippen LogP contribution < -0.4 is 0 Å². The van der Waals surface area contributed by atoms with Crippen LogP contribution in [0.25, 0.3) is 0 Å². The molecule has 5 unspecified atom stereocenters. The highest BCUT2D eigenvalue weighted by molar-refractivity contribution is 7.47. The van der Waals surface area contributed by atoms with E-state index in [4.69, 9.17) is 37.0 Å². The molecular weight excluding hydrogens is 1280 g/mol. The average molecular weight is 1430 g/mol. The van der Waals surface area contributed by atoms with Gasteiger partial charge in [-0.25, -0.2) is 9.13 Å². The Balaban J connectivity index is 5.33. The molecule has 0 aliphatic heterocycles. The molecule has 0 saturated heterocycles. The molecule has 0 heterocycles. The lowest BCUT2D eigenvalue weighted by atomic mass is 10.1. The Morgan fingerprint density at radius 1 is 0.296 bits per heavy atom. The van der Waals surface area contributed by atoms with Gasteiger partial charge in [-0.3, -0.25) is 37.3 Å². The maximum absolute atomic E-state index is 13.1. The van der Waals surface area contributed by atoms with Crippen molar-refractivity contribution in [3.63, 3.8) is 0 Å². The first-order valence-corrected chi connectivity index (χ1v) is 42.2. The minimum atomic E-state index is -4.98. The Morgan fingerprint density at radius 2 is 0.531 bits per heavy atom. The topological polar surface area (TPSA) is 237 Å². The van der Waals surface area contributed by atoms with E-state index in [9.17, 15) is 43.2 Å². The van der Waals surface area contributed by atoms with Crippen molar-refractivity contribution in [2.75, 3.05) is 39.6 Å². The average Bonchev–Trinajstić information content (AvgIpc) is 0.986. The van der Waals surface area contributed by atoms with E-state index >= 15 is 0 Å². The third kappa shape index (κ3) is 70.9. The van der Waals surface area contributed by atoms with E-state index < -0.39 is 97.5 Å². The summed E-state index contributed by atoms with van der Waals surface area (Å²) >= 11 is 0.